The zero-order valence-electron chi connectivity index (χ0n) is 18.0. The molecule has 0 radical (unpaired) electrons. The molecule has 2 heterocycles. The van der Waals surface area contributed by atoms with Gasteiger partial charge in [-0.25, -0.2) is 4.98 Å². The topological polar surface area (TPSA) is 68.3 Å². The number of carbonyl (C=O) groups excluding carboxylic acids is 1. The summed E-state index contributed by atoms with van der Waals surface area (Å²) in [6, 6.07) is 21.9. The predicted octanol–water partition coefficient (Wildman–Crippen LogP) is 8.02. The van der Waals surface area contributed by atoms with Gasteiger partial charge in [-0.1, -0.05) is 35.3 Å². The summed E-state index contributed by atoms with van der Waals surface area (Å²) in [5, 5.41) is 3.88. The largest absolute Gasteiger partial charge is 0.457 e. The fourth-order valence-electron chi connectivity index (χ4n) is 3.52. The number of anilines is 1. The molecule has 0 saturated heterocycles. The molecule has 0 spiro atoms. The number of amides is 1. The van der Waals surface area contributed by atoms with Crippen LogP contribution in [0.2, 0.25) is 10.0 Å². The van der Waals surface area contributed by atoms with E-state index in [1.54, 1.807) is 42.5 Å². The number of rotatable bonds is 5. The maximum atomic E-state index is 12.5. The van der Waals surface area contributed by atoms with E-state index in [4.69, 9.17) is 32.0 Å². The molecule has 0 saturated carbocycles. The molecule has 0 aliphatic heterocycles. The van der Waals surface area contributed by atoms with Crippen molar-refractivity contribution < 1.29 is 13.6 Å². The third kappa shape index (κ3) is 4.91. The highest BCUT2D eigenvalue weighted by atomic mass is 35.5. The number of hydrogen-bond acceptors (Lipinski definition) is 4. The van der Waals surface area contributed by atoms with Crippen LogP contribution in [0.15, 0.2) is 87.7 Å². The molecule has 7 heteroatoms. The zero-order chi connectivity index (χ0) is 23.7. The molecule has 2 aromatic heterocycles. The minimum Gasteiger partial charge on any atom is -0.457 e. The van der Waals surface area contributed by atoms with Gasteiger partial charge in [0.05, 0.1) is 0 Å². The third-order valence-corrected chi connectivity index (χ3v) is 5.53. The van der Waals surface area contributed by atoms with Crippen molar-refractivity contribution in [3.8, 4) is 22.8 Å². The summed E-state index contributed by atoms with van der Waals surface area (Å²) in [6.07, 6.45) is 3.00. The maximum absolute atomic E-state index is 12.5. The Morgan fingerprint density at radius 3 is 2.56 bits per heavy atom. The van der Waals surface area contributed by atoms with E-state index in [1.165, 1.54) is 6.08 Å². The first-order valence-corrected chi connectivity index (χ1v) is 11.2. The summed E-state index contributed by atoms with van der Waals surface area (Å²) in [6.45, 7) is 2.00. The molecule has 0 aliphatic rings. The number of aromatic nitrogens is 1. The molecule has 5 aromatic rings. The zero-order valence-corrected chi connectivity index (χ0v) is 19.5. The number of fused-ring (bicyclic) bond motifs is 1. The Bertz CT molecular complexity index is 1530. The molecular weight excluding hydrogens is 471 g/mol. The van der Waals surface area contributed by atoms with Crippen LogP contribution in [0.3, 0.4) is 0 Å². The lowest BCUT2D eigenvalue weighted by Gasteiger charge is -2.03. The van der Waals surface area contributed by atoms with E-state index in [2.05, 4.69) is 10.3 Å². The van der Waals surface area contributed by atoms with Crippen LogP contribution in [0.1, 0.15) is 11.3 Å². The van der Waals surface area contributed by atoms with E-state index in [0.717, 1.165) is 27.8 Å². The number of nitrogens with zero attached hydrogens (tertiary/aromatic N) is 1. The van der Waals surface area contributed by atoms with Crippen LogP contribution >= 0.6 is 23.2 Å². The first-order chi connectivity index (χ1) is 16.4. The lowest BCUT2D eigenvalue weighted by molar-refractivity contribution is -0.111. The molecule has 0 bridgehead atoms. The summed E-state index contributed by atoms with van der Waals surface area (Å²) in [7, 11) is 0. The molecule has 3 aromatic carbocycles. The van der Waals surface area contributed by atoms with E-state index in [9.17, 15) is 4.79 Å². The molecule has 5 rings (SSSR count). The van der Waals surface area contributed by atoms with Crippen LogP contribution < -0.4 is 5.32 Å². The fraction of sp³-hybridized carbons (Fsp3) is 0.0370. The second-order valence-corrected chi connectivity index (χ2v) is 8.63. The van der Waals surface area contributed by atoms with Gasteiger partial charge in [-0.15, -0.1) is 0 Å². The number of halogens is 2. The molecule has 0 fully saturated rings. The number of furan rings is 1. The highest BCUT2D eigenvalue weighted by Crippen LogP contribution is 2.29. The monoisotopic (exact) mass is 488 g/mol. The van der Waals surface area contributed by atoms with Crippen LogP contribution in [0.25, 0.3) is 40.0 Å². The van der Waals surface area contributed by atoms with Crippen molar-refractivity contribution in [2.24, 2.45) is 0 Å². The van der Waals surface area contributed by atoms with Gasteiger partial charge in [0.1, 0.15) is 17.0 Å². The molecule has 1 N–H and O–H groups in total. The average Bonchev–Trinajstić information content (AvgIpc) is 3.44. The minimum absolute atomic E-state index is 0.297. The van der Waals surface area contributed by atoms with Gasteiger partial charge in [0.25, 0.3) is 0 Å². The van der Waals surface area contributed by atoms with Gasteiger partial charge in [0.2, 0.25) is 11.8 Å². The Morgan fingerprint density at radius 1 is 0.912 bits per heavy atom. The Labute approximate surface area is 205 Å². The molecule has 0 unspecified atom stereocenters. The van der Waals surface area contributed by atoms with E-state index in [1.807, 2.05) is 43.3 Å². The van der Waals surface area contributed by atoms with Crippen molar-refractivity contribution in [2.75, 3.05) is 5.32 Å². The van der Waals surface area contributed by atoms with Gasteiger partial charge in [0, 0.05) is 32.9 Å². The normalized spacial score (nSPS) is 11.4. The van der Waals surface area contributed by atoms with Gasteiger partial charge in [-0.05, 0) is 79.2 Å². The van der Waals surface area contributed by atoms with E-state index >= 15 is 0 Å². The SMILES string of the molecule is Cc1ccc2nc(-c3cccc(NC(=O)/C=C/c4ccc(-c5cc(Cl)cc(Cl)c5)o4)c3)oc2c1. The summed E-state index contributed by atoms with van der Waals surface area (Å²) in [5.41, 5.74) is 4.77. The van der Waals surface area contributed by atoms with Crippen LogP contribution in [0.5, 0.6) is 0 Å². The smallest absolute Gasteiger partial charge is 0.248 e. The second kappa shape index (κ2) is 9.21. The predicted molar refractivity (Wildman–Crippen MR) is 136 cm³/mol. The van der Waals surface area contributed by atoms with Gasteiger partial charge < -0.3 is 14.2 Å². The standard InChI is InChI=1S/C27H18Cl2N2O3/c1-16-5-8-23-25(11-16)34-27(31-23)17-3-2-4-21(14-17)30-26(32)10-7-22-6-9-24(33-22)18-12-19(28)15-20(29)13-18/h2-15H,1H3,(H,30,32)/b10-7+. The first-order valence-electron chi connectivity index (χ1n) is 10.5. The van der Waals surface area contributed by atoms with Crippen molar-refractivity contribution in [2.45, 2.75) is 6.92 Å². The Kier molecular flexibility index (Phi) is 5.97. The Morgan fingerprint density at radius 2 is 1.74 bits per heavy atom. The lowest BCUT2D eigenvalue weighted by atomic mass is 10.2. The van der Waals surface area contributed by atoms with Crippen molar-refractivity contribution in [1.29, 1.82) is 0 Å². The first kappa shape index (κ1) is 22.0. The minimum atomic E-state index is -0.297. The fourth-order valence-corrected chi connectivity index (χ4v) is 4.05. The number of benzene rings is 3. The lowest BCUT2D eigenvalue weighted by Crippen LogP contribution is -2.07. The Hall–Kier alpha value is -3.80. The van der Waals surface area contributed by atoms with E-state index in [-0.39, 0.29) is 5.91 Å². The van der Waals surface area contributed by atoms with Crippen molar-refractivity contribution in [1.82, 2.24) is 4.98 Å². The molecule has 1 amide bonds. The van der Waals surface area contributed by atoms with Crippen LogP contribution in [-0.2, 0) is 4.79 Å². The maximum Gasteiger partial charge on any atom is 0.248 e. The average molecular weight is 489 g/mol. The highest BCUT2D eigenvalue weighted by Gasteiger charge is 2.10. The molecule has 168 valence electrons. The van der Waals surface area contributed by atoms with Crippen LogP contribution in [0, 0.1) is 6.92 Å². The van der Waals surface area contributed by atoms with Gasteiger partial charge in [0.15, 0.2) is 5.58 Å². The number of aryl methyl sites for hydroxylation is 1. The summed E-state index contributed by atoms with van der Waals surface area (Å²) >= 11 is 12.1. The number of hydrogen-bond donors (Lipinski definition) is 1. The molecule has 5 nitrogen and oxygen atoms in total. The summed E-state index contributed by atoms with van der Waals surface area (Å²) in [4.78, 5) is 17.0. The van der Waals surface area contributed by atoms with E-state index in [0.29, 0.717) is 33.1 Å². The van der Waals surface area contributed by atoms with Gasteiger partial charge in [-0.3, -0.25) is 4.79 Å². The third-order valence-electron chi connectivity index (χ3n) is 5.09. The van der Waals surface area contributed by atoms with Crippen molar-refractivity contribution >= 4 is 52.0 Å². The number of nitrogens with one attached hydrogen (secondary N) is 1. The van der Waals surface area contributed by atoms with Crippen molar-refractivity contribution in [3.63, 3.8) is 0 Å². The Balaban J connectivity index is 1.29. The van der Waals surface area contributed by atoms with Gasteiger partial charge in [-0.2, -0.15) is 0 Å². The highest BCUT2D eigenvalue weighted by molar-refractivity contribution is 6.35. The molecule has 34 heavy (non-hydrogen) atoms. The second-order valence-electron chi connectivity index (χ2n) is 7.75. The molecular formula is C27H18Cl2N2O3. The summed E-state index contributed by atoms with van der Waals surface area (Å²) in [5.74, 6) is 1.33. The summed E-state index contributed by atoms with van der Waals surface area (Å²) < 4.78 is 11.7. The quantitative estimate of drug-likeness (QED) is 0.254. The number of oxazole rings is 1. The molecule has 0 aliphatic carbocycles. The van der Waals surface area contributed by atoms with Crippen molar-refractivity contribution in [3.05, 3.63) is 100 Å². The van der Waals surface area contributed by atoms with Crippen LogP contribution in [0.4, 0.5) is 5.69 Å². The van der Waals surface area contributed by atoms with Crippen LogP contribution in [-0.4, -0.2) is 10.9 Å². The van der Waals surface area contributed by atoms with Gasteiger partial charge >= 0.3 is 0 Å². The number of carbonyl (C=O) groups is 1. The molecule has 0 atom stereocenters. The van der Waals surface area contributed by atoms with E-state index < -0.39 is 0 Å².